The van der Waals surface area contributed by atoms with E-state index in [2.05, 4.69) is 0 Å². The average molecular weight is 171 g/mol. The molecule has 0 aromatic rings. The summed E-state index contributed by atoms with van der Waals surface area (Å²) in [4.78, 5) is 12.9. The molecule has 4 heteroatoms. The van der Waals surface area contributed by atoms with Gasteiger partial charge in [0.2, 0.25) is 0 Å². The van der Waals surface area contributed by atoms with Crippen LogP contribution in [0.25, 0.3) is 0 Å². The van der Waals surface area contributed by atoms with E-state index in [0.717, 1.165) is 19.3 Å². The number of ether oxygens (including phenoxy) is 1. The van der Waals surface area contributed by atoms with Gasteiger partial charge in [0, 0.05) is 0 Å². The van der Waals surface area contributed by atoms with Crippen LogP contribution in [0.15, 0.2) is 0 Å². The summed E-state index contributed by atoms with van der Waals surface area (Å²) in [5.41, 5.74) is 0. The largest absolute Gasteiger partial charge is 0.447 e. The molecule has 2 atom stereocenters. The van der Waals surface area contributed by atoms with E-state index in [0.29, 0.717) is 6.61 Å². The van der Waals surface area contributed by atoms with Crippen molar-refractivity contribution in [1.29, 1.82) is 0 Å². The molecule has 4 nitrogen and oxygen atoms in total. The van der Waals surface area contributed by atoms with Gasteiger partial charge in [-0.3, -0.25) is 4.90 Å². The molecule has 0 aromatic carbocycles. The Hall–Kier alpha value is -0.770. The maximum atomic E-state index is 11.2. The van der Waals surface area contributed by atoms with Gasteiger partial charge in [-0.25, -0.2) is 4.79 Å². The Morgan fingerprint density at radius 2 is 2.42 bits per heavy atom. The van der Waals surface area contributed by atoms with Crippen LogP contribution < -0.4 is 0 Å². The maximum absolute atomic E-state index is 11.2. The lowest BCUT2D eigenvalue weighted by Crippen LogP contribution is -2.47. The van der Waals surface area contributed by atoms with Crippen LogP contribution in [0.4, 0.5) is 4.79 Å². The van der Waals surface area contributed by atoms with Gasteiger partial charge in [-0.2, -0.15) is 0 Å². The highest BCUT2D eigenvalue weighted by molar-refractivity contribution is 5.70. The summed E-state index contributed by atoms with van der Waals surface area (Å²) in [6.07, 6.45) is 2.76. The van der Waals surface area contributed by atoms with Gasteiger partial charge >= 0.3 is 6.09 Å². The number of hydrogen-bond acceptors (Lipinski definition) is 3. The SMILES string of the molecule is O=C1OC[C@H]2CCC[C@@H](CO)N12. The van der Waals surface area contributed by atoms with E-state index in [-0.39, 0.29) is 24.8 Å². The zero-order chi connectivity index (χ0) is 8.55. The molecule has 0 aliphatic carbocycles. The Bertz CT molecular complexity index is 195. The summed E-state index contributed by atoms with van der Waals surface area (Å²) in [6, 6.07) is 0.224. The third-order valence-electron chi connectivity index (χ3n) is 2.68. The number of aliphatic hydroxyl groups excluding tert-OH is 1. The van der Waals surface area contributed by atoms with Crippen molar-refractivity contribution in [3.8, 4) is 0 Å². The highest BCUT2D eigenvalue weighted by atomic mass is 16.6. The van der Waals surface area contributed by atoms with Gasteiger partial charge in [0.1, 0.15) is 6.61 Å². The molecule has 2 saturated heterocycles. The van der Waals surface area contributed by atoms with E-state index in [1.807, 2.05) is 0 Å². The fraction of sp³-hybridized carbons (Fsp3) is 0.875. The minimum Gasteiger partial charge on any atom is -0.447 e. The molecule has 0 unspecified atom stereocenters. The third kappa shape index (κ3) is 1.06. The lowest BCUT2D eigenvalue weighted by Gasteiger charge is -2.33. The number of cyclic esters (lactones) is 1. The van der Waals surface area contributed by atoms with E-state index < -0.39 is 0 Å². The van der Waals surface area contributed by atoms with Crippen molar-refractivity contribution in [1.82, 2.24) is 4.90 Å². The Balaban J connectivity index is 2.12. The first-order valence-corrected chi connectivity index (χ1v) is 4.39. The predicted octanol–water partition coefficient (Wildman–Crippen LogP) is 0.352. The van der Waals surface area contributed by atoms with Gasteiger partial charge in [0.15, 0.2) is 0 Å². The molecule has 0 radical (unpaired) electrons. The molecule has 0 bridgehead atoms. The minimum absolute atomic E-state index is 0.00116. The van der Waals surface area contributed by atoms with Gasteiger partial charge in [0.05, 0.1) is 18.7 Å². The van der Waals surface area contributed by atoms with Gasteiger partial charge in [-0.1, -0.05) is 0 Å². The van der Waals surface area contributed by atoms with Crippen LogP contribution in [0.3, 0.4) is 0 Å². The number of piperidine rings is 1. The van der Waals surface area contributed by atoms with Crippen LogP contribution in [-0.4, -0.2) is 41.4 Å². The monoisotopic (exact) mass is 171 g/mol. The zero-order valence-electron chi connectivity index (χ0n) is 6.90. The van der Waals surface area contributed by atoms with Gasteiger partial charge in [0.25, 0.3) is 0 Å². The molecule has 2 heterocycles. The van der Waals surface area contributed by atoms with E-state index in [9.17, 15) is 4.79 Å². The summed E-state index contributed by atoms with van der Waals surface area (Å²) in [6.45, 7) is 0.570. The third-order valence-corrected chi connectivity index (χ3v) is 2.68. The Morgan fingerprint density at radius 3 is 3.17 bits per heavy atom. The molecule has 2 rings (SSSR count). The quantitative estimate of drug-likeness (QED) is 0.619. The van der Waals surface area contributed by atoms with Crippen LogP contribution in [0, 0.1) is 0 Å². The fourth-order valence-electron chi connectivity index (χ4n) is 2.05. The molecular formula is C8H13NO3. The number of fused-ring (bicyclic) bond motifs is 1. The summed E-state index contributed by atoms with van der Waals surface area (Å²) < 4.78 is 4.91. The van der Waals surface area contributed by atoms with Crippen LogP contribution in [0.1, 0.15) is 19.3 Å². The molecule has 68 valence electrons. The average Bonchev–Trinajstić information content (AvgIpc) is 2.48. The number of hydrogen-bond donors (Lipinski definition) is 1. The second-order valence-corrected chi connectivity index (χ2v) is 3.41. The standard InChI is InChI=1S/C8H13NO3/c10-4-6-2-1-3-7-5-12-8(11)9(6)7/h6-7,10H,1-5H2/t6-,7+/m0/s1. The number of rotatable bonds is 1. The first-order valence-electron chi connectivity index (χ1n) is 4.39. The lowest BCUT2D eigenvalue weighted by molar-refractivity contribution is 0.0915. The Labute approximate surface area is 71.1 Å². The van der Waals surface area contributed by atoms with E-state index >= 15 is 0 Å². The van der Waals surface area contributed by atoms with Crippen molar-refractivity contribution in [2.24, 2.45) is 0 Å². The molecule has 0 aromatic heterocycles. The second kappa shape index (κ2) is 2.94. The van der Waals surface area contributed by atoms with Crippen molar-refractivity contribution in [2.75, 3.05) is 13.2 Å². The zero-order valence-corrected chi connectivity index (χ0v) is 6.90. The number of aliphatic hydroxyl groups is 1. The van der Waals surface area contributed by atoms with Gasteiger partial charge in [-0.15, -0.1) is 0 Å². The van der Waals surface area contributed by atoms with Crippen molar-refractivity contribution in [3.63, 3.8) is 0 Å². The van der Waals surface area contributed by atoms with Gasteiger partial charge in [-0.05, 0) is 19.3 Å². The first kappa shape index (κ1) is 7.86. The molecule has 2 aliphatic rings. The minimum atomic E-state index is -0.251. The lowest BCUT2D eigenvalue weighted by atomic mass is 9.98. The second-order valence-electron chi connectivity index (χ2n) is 3.41. The van der Waals surface area contributed by atoms with Gasteiger partial charge < -0.3 is 9.84 Å². The number of nitrogens with zero attached hydrogens (tertiary/aromatic N) is 1. The van der Waals surface area contributed by atoms with Crippen molar-refractivity contribution < 1.29 is 14.6 Å². The summed E-state index contributed by atoms with van der Waals surface area (Å²) in [5, 5.41) is 9.01. The summed E-state index contributed by atoms with van der Waals surface area (Å²) in [7, 11) is 0. The predicted molar refractivity (Wildman–Crippen MR) is 41.7 cm³/mol. The number of amides is 1. The van der Waals surface area contributed by atoms with Crippen LogP contribution in [-0.2, 0) is 4.74 Å². The molecule has 12 heavy (non-hydrogen) atoms. The van der Waals surface area contributed by atoms with Crippen molar-refractivity contribution in [3.05, 3.63) is 0 Å². The molecule has 2 aliphatic heterocycles. The van der Waals surface area contributed by atoms with Crippen molar-refractivity contribution >= 4 is 6.09 Å². The van der Waals surface area contributed by atoms with E-state index in [1.54, 1.807) is 4.90 Å². The summed E-state index contributed by atoms with van der Waals surface area (Å²) in [5.74, 6) is 0. The molecule has 1 amide bonds. The highest BCUT2D eigenvalue weighted by Gasteiger charge is 2.40. The molecule has 0 spiro atoms. The van der Waals surface area contributed by atoms with Crippen LogP contribution >= 0.6 is 0 Å². The maximum Gasteiger partial charge on any atom is 0.410 e. The first-order chi connectivity index (χ1) is 5.83. The molecule has 0 saturated carbocycles. The Kier molecular flexibility index (Phi) is 1.92. The van der Waals surface area contributed by atoms with Crippen LogP contribution in [0.2, 0.25) is 0 Å². The molecular weight excluding hydrogens is 158 g/mol. The van der Waals surface area contributed by atoms with Crippen molar-refractivity contribution in [2.45, 2.75) is 31.3 Å². The highest BCUT2D eigenvalue weighted by Crippen LogP contribution is 2.27. The normalized spacial score (nSPS) is 34.8. The van der Waals surface area contributed by atoms with E-state index in [1.165, 1.54) is 0 Å². The molecule has 2 fully saturated rings. The van der Waals surface area contributed by atoms with Crippen LogP contribution in [0.5, 0.6) is 0 Å². The Morgan fingerprint density at radius 1 is 1.58 bits per heavy atom. The number of carbonyl (C=O) groups is 1. The smallest absolute Gasteiger partial charge is 0.410 e. The number of carbonyl (C=O) groups excluding carboxylic acids is 1. The topological polar surface area (TPSA) is 49.8 Å². The fourth-order valence-corrected chi connectivity index (χ4v) is 2.05. The molecule has 1 N–H and O–H groups in total. The van der Waals surface area contributed by atoms with E-state index in [4.69, 9.17) is 9.84 Å². The summed E-state index contributed by atoms with van der Waals surface area (Å²) >= 11 is 0.